The van der Waals surface area contributed by atoms with Crippen LogP contribution in [-0.2, 0) is 4.79 Å². The molecule has 1 amide bonds. The van der Waals surface area contributed by atoms with Gasteiger partial charge in [0.2, 0.25) is 5.91 Å². The van der Waals surface area contributed by atoms with Crippen molar-refractivity contribution in [2.75, 3.05) is 13.2 Å². The number of rotatable bonds is 5. The molecule has 1 rings (SSSR count). The molecule has 1 aromatic carbocycles. The van der Waals surface area contributed by atoms with Gasteiger partial charge in [0, 0.05) is 12.6 Å². The Morgan fingerprint density at radius 2 is 2.18 bits per heavy atom. The normalized spacial score (nSPS) is 12.6. The van der Waals surface area contributed by atoms with Gasteiger partial charge in [-0.3, -0.25) is 4.79 Å². The second-order valence-corrected chi connectivity index (χ2v) is 3.77. The largest absolute Gasteiger partial charge is 0.394 e. The Bertz CT molecular complexity index is 401. The minimum atomic E-state index is -0.911. The first-order valence-electron chi connectivity index (χ1n) is 5.44. The Morgan fingerprint density at radius 1 is 1.47 bits per heavy atom. The number of carbonyl (C=O) groups excluding carboxylic acids is 1. The number of amides is 1. The highest BCUT2D eigenvalue weighted by Crippen LogP contribution is 2.08. The van der Waals surface area contributed by atoms with Crippen LogP contribution < -0.4 is 5.32 Å². The molecule has 3 N–H and O–H groups in total. The van der Waals surface area contributed by atoms with Crippen LogP contribution >= 0.6 is 0 Å². The van der Waals surface area contributed by atoms with Gasteiger partial charge in [0.25, 0.3) is 0 Å². The minimum absolute atomic E-state index is 0.0491. The van der Waals surface area contributed by atoms with Crippen molar-refractivity contribution in [2.45, 2.75) is 13.0 Å². The van der Waals surface area contributed by atoms with E-state index in [4.69, 9.17) is 10.2 Å². The summed E-state index contributed by atoms with van der Waals surface area (Å²) in [4.78, 5) is 11.4. The van der Waals surface area contributed by atoms with Gasteiger partial charge in [-0.15, -0.1) is 0 Å². The van der Waals surface area contributed by atoms with Crippen molar-refractivity contribution < 1.29 is 15.0 Å². The zero-order valence-electron chi connectivity index (χ0n) is 9.76. The van der Waals surface area contributed by atoms with Crippen molar-refractivity contribution >= 4 is 12.0 Å². The molecule has 0 aliphatic rings. The molecule has 4 nitrogen and oxygen atoms in total. The van der Waals surface area contributed by atoms with E-state index in [0.717, 1.165) is 11.1 Å². The summed E-state index contributed by atoms with van der Waals surface area (Å²) in [6, 6.07) is 7.72. The van der Waals surface area contributed by atoms with Crippen molar-refractivity contribution in [3.8, 4) is 0 Å². The number of aliphatic hydroxyl groups is 2. The standard InChI is InChI=1S/C13H17NO3/c1-10-4-2-3-5-11(10)6-7-13(17)14-8-12(16)9-15/h2-7,12,15-16H,8-9H2,1H3,(H,14,17). The molecule has 0 saturated heterocycles. The number of hydrogen-bond donors (Lipinski definition) is 3. The molecule has 92 valence electrons. The monoisotopic (exact) mass is 235 g/mol. The van der Waals surface area contributed by atoms with Gasteiger partial charge in [0.05, 0.1) is 12.7 Å². The lowest BCUT2D eigenvalue weighted by Gasteiger charge is -2.06. The molecule has 1 unspecified atom stereocenters. The Kier molecular flexibility index (Phi) is 5.39. The molecule has 0 aliphatic heterocycles. The van der Waals surface area contributed by atoms with Gasteiger partial charge >= 0.3 is 0 Å². The van der Waals surface area contributed by atoms with E-state index in [2.05, 4.69) is 5.32 Å². The first-order chi connectivity index (χ1) is 8.13. The first-order valence-corrected chi connectivity index (χ1v) is 5.44. The molecule has 0 spiro atoms. The maximum absolute atomic E-state index is 11.4. The molecular formula is C13H17NO3. The average Bonchev–Trinajstić information content (AvgIpc) is 2.35. The third kappa shape index (κ3) is 4.80. The summed E-state index contributed by atoms with van der Waals surface area (Å²) >= 11 is 0. The highest BCUT2D eigenvalue weighted by Gasteiger charge is 2.02. The van der Waals surface area contributed by atoms with Gasteiger partial charge < -0.3 is 15.5 Å². The Balaban J connectivity index is 2.49. The van der Waals surface area contributed by atoms with Crippen molar-refractivity contribution in [1.82, 2.24) is 5.32 Å². The van der Waals surface area contributed by atoms with Crippen LogP contribution in [0.3, 0.4) is 0 Å². The van der Waals surface area contributed by atoms with Crippen LogP contribution in [0.1, 0.15) is 11.1 Å². The van der Waals surface area contributed by atoms with E-state index in [1.807, 2.05) is 31.2 Å². The third-order valence-corrected chi connectivity index (χ3v) is 2.33. The van der Waals surface area contributed by atoms with Gasteiger partial charge in [0.15, 0.2) is 0 Å². The Labute approximate surface area is 101 Å². The van der Waals surface area contributed by atoms with E-state index >= 15 is 0 Å². The minimum Gasteiger partial charge on any atom is -0.394 e. The van der Waals surface area contributed by atoms with Gasteiger partial charge in [0.1, 0.15) is 0 Å². The first kappa shape index (κ1) is 13.4. The second-order valence-electron chi connectivity index (χ2n) is 3.77. The predicted molar refractivity (Wildman–Crippen MR) is 66.3 cm³/mol. The Hall–Kier alpha value is -1.65. The smallest absolute Gasteiger partial charge is 0.244 e. The molecule has 0 heterocycles. The van der Waals surface area contributed by atoms with Crippen LogP contribution in [-0.4, -0.2) is 35.4 Å². The number of carbonyl (C=O) groups is 1. The molecule has 17 heavy (non-hydrogen) atoms. The molecule has 4 heteroatoms. The van der Waals surface area contributed by atoms with E-state index in [-0.39, 0.29) is 19.1 Å². The van der Waals surface area contributed by atoms with Crippen molar-refractivity contribution in [1.29, 1.82) is 0 Å². The van der Waals surface area contributed by atoms with E-state index in [1.165, 1.54) is 6.08 Å². The quantitative estimate of drug-likeness (QED) is 0.650. The molecule has 1 atom stereocenters. The number of nitrogens with one attached hydrogen (secondary N) is 1. The number of aryl methyl sites for hydroxylation is 1. The number of hydrogen-bond acceptors (Lipinski definition) is 3. The van der Waals surface area contributed by atoms with Crippen molar-refractivity contribution in [2.24, 2.45) is 0 Å². The summed E-state index contributed by atoms with van der Waals surface area (Å²) in [5, 5.41) is 20.1. The van der Waals surface area contributed by atoms with Gasteiger partial charge in [-0.2, -0.15) is 0 Å². The van der Waals surface area contributed by atoms with Crippen LogP contribution in [0.5, 0.6) is 0 Å². The molecule has 0 aromatic heterocycles. The zero-order valence-corrected chi connectivity index (χ0v) is 9.76. The fourth-order valence-electron chi connectivity index (χ4n) is 1.28. The fraction of sp³-hybridized carbons (Fsp3) is 0.308. The lowest BCUT2D eigenvalue weighted by atomic mass is 10.1. The summed E-state index contributed by atoms with van der Waals surface area (Å²) < 4.78 is 0. The SMILES string of the molecule is Cc1ccccc1C=CC(=O)NCC(O)CO. The van der Waals surface area contributed by atoms with Gasteiger partial charge in [-0.05, 0) is 24.1 Å². The van der Waals surface area contributed by atoms with E-state index in [9.17, 15) is 4.79 Å². The third-order valence-electron chi connectivity index (χ3n) is 2.33. The number of benzene rings is 1. The molecule has 0 bridgehead atoms. The van der Waals surface area contributed by atoms with E-state index < -0.39 is 6.10 Å². The van der Waals surface area contributed by atoms with E-state index in [0.29, 0.717) is 0 Å². The predicted octanol–water partition coefficient (Wildman–Crippen LogP) is 0.478. The lowest BCUT2D eigenvalue weighted by molar-refractivity contribution is -0.117. The molecule has 0 fully saturated rings. The Morgan fingerprint density at radius 3 is 2.82 bits per heavy atom. The van der Waals surface area contributed by atoms with E-state index in [1.54, 1.807) is 6.08 Å². The van der Waals surface area contributed by atoms with Gasteiger partial charge in [-0.25, -0.2) is 0 Å². The average molecular weight is 235 g/mol. The van der Waals surface area contributed by atoms with Crippen LogP contribution in [0.25, 0.3) is 6.08 Å². The molecule has 1 aromatic rings. The summed E-state index contributed by atoms with van der Waals surface area (Å²) in [5.74, 6) is -0.291. The highest BCUT2D eigenvalue weighted by molar-refractivity contribution is 5.91. The molecule has 0 aliphatic carbocycles. The van der Waals surface area contributed by atoms with Crippen molar-refractivity contribution in [3.05, 3.63) is 41.5 Å². The van der Waals surface area contributed by atoms with Crippen LogP contribution in [0, 0.1) is 6.92 Å². The summed E-state index contributed by atoms with van der Waals surface area (Å²) in [5.41, 5.74) is 2.07. The van der Waals surface area contributed by atoms with Gasteiger partial charge in [-0.1, -0.05) is 24.3 Å². The van der Waals surface area contributed by atoms with Crippen LogP contribution in [0.4, 0.5) is 0 Å². The lowest BCUT2D eigenvalue weighted by Crippen LogP contribution is -2.32. The summed E-state index contributed by atoms with van der Waals surface area (Å²) in [7, 11) is 0. The van der Waals surface area contributed by atoms with Crippen LogP contribution in [0.15, 0.2) is 30.3 Å². The fourth-order valence-corrected chi connectivity index (χ4v) is 1.28. The maximum Gasteiger partial charge on any atom is 0.244 e. The highest BCUT2D eigenvalue weighted by atomic mass is 16.3. The molecule has 0 saturated carbocycles. The van der Waals surface area contributed by atoms with Crippen LogP contribution in [0.2, 0.25) is 0 Å². The zero-order chi connectivity index (χ0) is 12.7. The molecular weight excluding hydrogens is 218 g/mol. The summed E-state index contributed by atoms with van der Waals surface area (Å²) in [6.07, 6.45) is 2.22. The topological polar surface area (TPSA) is 69.6 Å². The second kappa shape index (κ2) is 6.83. The molecule has 0 radical (unpaired) electrons. The maximum atomic E-state index is 11.4. The number of aliphatic hydroxyl groups excluding tert-OH is 2. The summed E-state index contributed by atoms with van der Waals surface area (Å²) in [6.45, 7) is 1.66. The van der Waals surface area contributed by atoms with Crippen molar-refractivity contribution in [3.63, 3.8) is 0 Å².